The van der Waals surface area contributed by atoms with Crippen LogP contribution in [0.15, 0.2) is 67.1 Å². The molecule has 3 heterocycles. The number of carbonyl (C=O) groups excluding carboxylic acids is 1. The first-order valence-corrected chi connectivity index (χ1v) is 10.3. The number of hydrogen-bond donors (Lipinski definition) is 0. The van der Waals surface area contributed by atoms with Crippen LogP contribution >= 0.6 is 11.3 Å². The van der Waals surface area contributed by atoms with Gasteiger partial charge in [0, 0.05) is 18.8 Å². The van der Waals surface area contributed by atoms with Crippen LogP contribution in [0.3, 0.4) is 0 Å². The van der Waals surface area contributed by atoms with Crippen LogP contribution in [0.5, 0.6) is 0 Å². The second-order valence-corrected chi connectivity index (χ2v) is 8.06. The van der Waals surface area contributed by atoms with Gasteiger partial charge in [-0.15, -0.1) is 0 Å². The Kier molecular flexibility index (Phi) is 4.66. The predicted octanol–water partition coefficient (Wildman–Crippen LogP) is 5.30. The van der Waals surface area contributed by atoms with Gasteiger partial charge in [-0.25, -0.2) is 15.0 Å². The van der Waals surface area contributed by atoms with Gasteiger partial charge in [-0.1, -0.05) is 35.6 Å². The van der Waals surface area contributed by atoms with Gasteiger partial charge >= 0.3 is 6.18 Å². The Bertz CT molecular complexity index is 1420. The van der Waals surface area contributed by atoms with E-state index in [0.29, 0.717) is 22.0 Å². The highest BCUT2D eigenvalue weighted by Gasteiger charge is 2.30. The van der Waals surface area contributed by atoms with Gasteiger partial charge in [0.05, 0.1) is 33.9 Å². The van der Waals surface area contributed by atoms with E-state index < -0.39 is 11.7 Å². The van der Waals surface area contributed by atoms with Gasteiger partial charge in [-0.05, 0) is 24.3 Å². The number of rotatable bonds is 3. The Balaban J connectivity index is 1.49. The van der Waals surface area contributed by atoms with Crippen LogP contribution < -0.4 is 4.90 Å². The molecule has 0 N–H and O–H groups in total. The third-order valence-electron chi connectivity index (χ3n) is 5.00. The molecule has 0 bridgehead atoms. The molecule has 0 radical (unpaired) electrons. The fraction of sp³-hybridized carbons (Fsp3) is 0.0909. The summed E-state index contributed by atoms with van der Waals surface area (Å²) < 4.78 is 41.2. The highest BCUT2D eigenvalue weighted by Crippen LogP contribution is 2.31. The van der Waals surface area contributed by atoms with Crippen molar-refractivity contribution < 1.29 is 18.0 Å². The number of alkyl halides is 3. The Morgan fingerprint density at radius 3 is 2.50 bits per heavy atom. The summed E-state index contributed by atoms with van der Waals surface area (Å²) in [6, 6.07) is 12.4. The Labute approximate surface area is 183 Å². The van der Waals surface area contributed by atoms with E-state index in [1.807, 2.05) is 24.3 Å². The first kappa shape index (κ1) is 20.1. The van der Waals surface area contributed by atoms with Crippen molar-refractivity contribution in [3.8, 4) is 11.3 Å². The van der Waals surface area contributed by atoms with Gasteiger partial charge in [0.15, 0.2) is 10.8 Å². The molecule has 10 heteroatoms. The molecule has 0 aliphatic carbocycles. The average Bonchev–Trinajstić information content (AvgIpc) is 3.41. The van der Waals surface area contributed by atoms with E-state index in [1.165, 1.54) is 47.0 Å². The van der Waals surface area contributed by atoms with Gasteiger partial charge in [-0.3, -0.25) is 14.1 Å². The largest absolute Gasteiger partial charge is 0.416 e. The summed E-state index contributed by atoms with van der Waals surface area (Å²) >= 11 is 1.39. The normalized spacial score (nSPS) is 11.9. The van der Waals surface area contributed by atoms with Crippen molar-refractivity contribution in [2.24, 2.45) is 0 Å². The zero-order valence-electron chi connectivity index (χ0n) is 16.5. The lowest BCUT2D eigenvalue weighted by Gasteiger charge is -2.13. The van der Waals surface area contributed by atoms with Crippen LogP contribution in [0.2, 0.25) is 0 Å². The summed E-state index contributed by atoms with van der Waals surface area (Å²) in [5.74, 6) is -0.363. The standard InChI is InChI=1S/C22H14F3N5OS/c1-29(21-28-15-4-2-3-5-18(15)32-21)20(31)16-12-30-17(10-27-19(30)11-26-16)13-6-8-14(9-7-13)22(23,24)25/h2-12H,1H3. The number of imidazole rings is 1. The van der Waals surface area contributed by atoms with E-state index in [-0.39, 0.29) is 11.6 Å². The maximum absolute atomic E-state index is 13.1. The smallest absolute Gasteiger partial charge is 0.296 e. The zero-order chi connectivity index (χ0) is 22.5. The van der Waals surface area contributed by atoms with Crippen LogP contribution in [-0.4, -0.2) is 32.3 Å². The molecule has 32 heavy (non-hydrogen) atoms. The van der Waals surface area contributed by atoms with Crippen LogP contribution in [0.25, 0.3) is 27.1 Å². The van der Waals surface area contributed by atoms with E-state index in [4.69, 9.17) is 0 Å². The summed E-state index contributed by atoms with van der Waals surface area (Å²) in [7, 11) is 1.62. The minimum Gasteiger partial charge on any atom is -0.296 e. The Morgan fingerprint density at radius 2 is 1.78 bits per heavy atom. The minimum atomic E-state index is -4.41. The lowest BCUT2D eigenvalue weighted by Crippen LogP contribution is -2.27. The molecular weight excluding hydrogens is 439 g/mol. The molecular formula is C22H14F3N5OS. The number of aromatic nitrogens is 4. The molecule has 0 unspecified atom stereocenters. The van der Waals surface area contributed by atoms with E-state index in [0.717, 1.165) is 22.3 Å². The van der Waals surface area contributed by atoms with Gasteiger partial charge < -0.3 is 0 Å². The topological polar surface area (TPSA) is 63.4 Å². The SMILES string of the molecule is CN(C(=O)c1cn2c(-c3ccc(C(F)(F)F)cc3)cnc2cn1)c1nc2ccccc2s1. The quantitative estimate of drug-likeness (QED) is 0.372. The Morgan fingerprint density at radius 1 is 1.03 bits per heavy atom. The second kappa shape index (κ2) is 7.41. The first-order valence-electron chi connectivity index (χ1n) is 9.45. The average molecular weight is 453 g/mol. The molecule has 0 saturated heterocycles. The van der Waals surface area contributed by atoms with E-state index in [1.54, 1.807) is 11.4 Å². The zero-order valence-corrected chi connectivity index (χ0v) is 17.4. The third-order valence-corrected chi connectivity index (χ3v) is 6.11. The van der Waals surface area contributed by atoms with Gasteiger partial charge in [0.2, 0.25) is 0 Å². The molecule has 160 valence electrons. The summed E-state index contributed by atoms with van der Waals surface area (Å²) in [5, 5.41) is 0.534. The van der Waals surface area contributed by atoms with E-state index in [9.17, 15) is 18.0 Å². The molecule has 3 aromatic heterocycles. The summed E-state index contributed by atoms with van der Waals surface area (Å²) in [6.07, 6.45) is 0.104. The number of thiazole rings is 1. The van der Waals surface area contributed by atoms with Crippen molar-refractivity contribution in [2.75, 3.05) is 11.9 Å². The monoisotopic (exact) mass is 453 g/mol. The molecule has 0 spiro atoms. The number of anilines is 1. The molecule has 5 rings (SSSR count). The van der Waals surface area contributed by atoms with Crippen molar-refractivity contribution in [1.82, 2.24) is 19.4 Å². The van der Waals surface area contributed by atoms with Crippen molar-refractivity contribution in [2.45, 2.75) is 6.18 Å². The second-order valence-electron chi connectivity index (χ2n) is 7.05. The van der Waals surface area contributed by atoms with Gasteiger partial charge in [0.1, 0.15) is 5.69 Å². The van der Waals surface area contributed by atoms with Crippen LogP contribution in [0, 0.1) is 0 Å². The van der Waals surface area contributed by atoms with E-state index >= 15 is 0 Å². The van der Waals surface area contributed by atoms with Crippen molar-refractivity contribution in [3.63, 3.8) is 0 Å². The molecule has 2 aromatic carbocycles. The molecule has 0 saturated carbocycles. The van der Waals surface area contributed by atoms with Crippen LogP contribution in [-0.2, 0) is 6.18 Å². The fourth-order valence-electron chi connectivity index (χ4n) is 3.31. The summed E-state index contributed by atoms with van der Waals surface area (Å²) in [5.41, 5.74) is 1.78. The number of amides is 1. The van der Waals surface area contributed by atoms with E-state index in [2.05, 4.69) is 15.0 Å². The number of hydrogen-bond acceptors (Lipinski definition) is 5. The van der Waals surface area contributed by atoms with Gasteiger partial charge in [0.25, 0.3) is 5.91 Å². The molecule has 6 nitrogen and oxygen atoms in total. The third kappa shape index (κ3) is 3.48. The lowest BCUT2D eigenvalue weighted by molar-refractivity contribution is -0.137. The lowest BCUT2D eigenvalue weighted by atomic mass is 10.1. The van der Waals surface area contributed by atoms with Crippen molar-refractivity contribution in [3.05, 3.63) is 78.4 Å². The fourth-order valence-corrected chi connectivity index (χ4v) is 4.23. The predicted molar refractivity (Wildman–Crippen MR) is 116 cm³/mol. The number of benzene rings is 2. The molecule has 1 amide bonds. The number of nitrogens with zero attached hydrogens (tertiary/aromatic N) is 5. The number of halogens is 3. The molecule has 0 fully saturated rings. The maximum Gasteiger partial charge on any atom is 0.416 e. The number of para-hydroxylation sites is 1. The minimum absolute atomic E-state index is 0.158. The number of carbonyl (C=O) groups is 1. The summed E-state index contributed by atoms with van der Waals surface area (Å²) in [6.45, 7) is 0. The summed E-state index contributed by atoms with van der Waals surface area (Å²) in [4.78, 5) is 27.4. The highest BCUT2D eigenvalue weighted by molar-refractivity contribution is 7.22. The number of fused-ring (bicyclic) bond motifs is 2. The van der Waals surface area contributed by atoms with Crippen LogP contribution in [0.4, 0.5) is 18.3 Å². The van der Waals surface area contributed by atoms with Crippen molar-refractivity contribution >= 4 is 38.2 Å². The first-order chi connectivity index (χ1) is 15.3. The molecule has 0 atom stereocenters. The molecule has 0 aliphatic heterocycles. The van der Waals surface area contributed by atoms with Crippen molar-refractivity contribution in [1.29, 1.82) is 0 Å². The Hall–Kier alpha value is -3.79. The maximum atomic E-state index is 13.1. The highest BCUT2D eigenvalue weighted by atomic mass is 32.1. The molecule has 5 aromatic rings. The van der Waals surface area contributed by atoms with Crippen LogP contribution in [0.1, 0.15) is 16.1 Å². The molecule has 0 aliphatic rings. The van der Waals surface area contributed by atoms with Gasteiger partial charge in [-0.2, -0.15) is 13.2 Å².